The molecule has 0 saturated heterocycles. The molecular weight excluding hydrogens is 340 g/mol. The standard InChI is InChI=1S/C19H26O7/c1-7-22-18(21)25-24-17(20)14(4)12-23-26-19(5,6)16-10-8-15(9-11-16)13(2)3/h8-13H,7H2,1-6H3. The molecule has 0 atom stereocenters. The average molecular weight is 366 g/mol. The van der Waals surface area contributed by atoms with E-state index in [9.17, 15) is 9.59 Å². The highest BCUT2D eigenvalue weighted by Crippen LogP contribution is 2.27. The molecule has 0 amide bonds. The van der Waals surface area contributed by atoms with E-state index in [1.807, 2.05) is 38.1 Å². The van der Waals surface area contributed by atoms with E-state index in [1.54, 1.807) is 6.92 Å². The van der Waals surface area contributed by atoms with Crippen molar-refractivity contribution in [1.29, 1.82) is 0 Å². The predicted molar refractivity (Wildman–Crippen MR) is 93.7 cm³/mol. The van der Waals surface area contributed by atoms with Crippen molar-refractivity contribution in [2.45, 2.75) is 53.1 Å². The molecular formula is C19H26O7. The fraction of sp³-hybridized carbons (Fsp3) is 0.474. The van der Waals surface area contributed by atoms with Gasteiger partial charge in [-0.05, 0) is 44.7 Å². The molecule has 0 aliphatic heterocycles. The van der Waals surface area contributed by atoms with E-state index < -0.39 is 17.7 Å². The second kappa shape index (κ2) is 9.82. The van der Waals surface area contributed by atoms with Gasteiger partial charge in [0.25, 0.3) is 0 Å². The van der Waals surface area contributed by atoms with Crippen LogP contribution in [-0.2, 0) is 34.7 Å². The minimum atomic E-state index is -1.10. The highest BCUT2D eigenvalue weighted by Gasteiger charge is 2.23. The van der Waals surface area contributed by atoms with Gasteiger partial charge in [-0.1, -0.05) is 38.1 Å². The van der Waals surface area contributed by atoms with Crippen molar-refractivity contribution in [2.24, 2.45) is 0 Å². The highest BCUT2D eigenvalue weighted by molar-refractivity contribution is 5.87. The Morgan fingerprint density at radius 1 is 1.12 bits per heavy atom. The minimum absolute atomic E-state index is 0.0419. The van der Waals surface area contributed by atoms with E-state index in [0.29, 0.717) is 5.92 Å². The summed E-state index contributed by atoms with van der Waals surface area (Å²) in [6.07, 6.45) is -0.0297. The Morgan fingerprint density at radius 2 is 1.73 bits per heavy atom. The second-order valence-electron chi connectivity index (χ2n) is 6.40. The maximum absolute atomic E-state index is 11.6. The molecule has 0 bridgehead atoms. The number of hydrogen-bond acceptors (Lipinski definition) is 7. The normalized spacial score (nSPS) is 11.9. The van der Waals surface area contributed by atoms with Gasteiger partial charge in [0, 0.05) is 0 Å². The van der Waals surface area contributed by atoms with Gasteiger partial charge in [0.1, 0.15) is 11.9 Å². The van der Waals surface area contributed by atoms with Gasteiger partial charge in [-0.25, -0.2) is 14.6 Å². The fourth-order valence-corrected chi connectivity index (χ4v) is 1.86. The highest BCUT2D eigenvalue weighted by atomic mass is 17.2. The quantitative estimate of drug-likeness (QED) is 0.231. The summed E-state index contributed by atoms with van der Waals surface area (Å²) in [7, 11) is 0. The molecule has 0 saturated carbocycles. The van der Waals surface area contributed by atoms with Crippen LogP contribution in [0.2, 0.25) is 0 Å². The Balaban J connectivity index is 2.56. The van der Waals surface area contributed by atoms with E-state index in [-0.39, 0.29) is 12.2 Å². The Bertz CT molecular complexity index is 630. The lowest BCUT2D eigenvalue weighted by Gasteiger charge is -2.23. The van der Waals surface area contributed by atoms with Crippen molar-refractivity contribution in [2.75, 3.05) is 6.61 Å². The molecule has 7 heteroatoms. The van der Waals surface area contributed by atoms with Crippen molar-refractivity contribution in [3.05, 3.63) is 47.2 Å². The molecule has 0 spiro atoms. The van der Waals surface area contributed by atoms with E-state index in [0.717, 1.165) is 11.8 Å². The Hall–Kier alpha value is -2.54. The Labute approximate surface area is 153 Å². The molecule has 0 unspecified atom stereocenters. The van der Waals surface area contributed by atoms with Crippen LogP contribution in [0.4, 0.5) is 4.79 Å². The van der Waals surface area contributed by atoms with Crippen LogP contribution < -0.4 is 0 Å². The molecule has 0 radical (unpaired) electrons. The van der Waals surface area contributed by atoms with Crippen LogP contribution in [0.25, 0.3) is 0 Å². The molecule has 0 aliphatic carbocycles. The number of carbonyl (C=O) groups excluding carboxylic acids is 2. The van der Waals surface area contributed by atoms with Gasteiger partial charge in [0.2, 0.25) is 0 Å². The lowest BCUT2D eigenvalue weighted by Crippen LogP contribution is -2.21. The first-order chi connectivity index (χ1) is 12.2. The maximum Gasteiger partial charge on any atom is 0.549 e. The van der Waals surface area contributed by atoms with Crippen LogP contribution in [0.15, 0.2) is 36.1 Å². The molecule has 1 rings (SSSR count). The summed E-state index contributed by atoms with van der Waals surface area (Å²) in [5.74, 6) is -0.460. The van der Waals surface area contributed by atoms with Crippen molar-refractivity contribution >= 4 is 12.1 Å². The summed E-state index contributed by atoms with van der Waals surface area (Å²) in [6.45, 7) is 11.0. The predicted octanol–water partition coefficient (Wildman–Crippen LogP) is 4.53. The first-order valence-electron chi connectivity index (χ1n) is 8.34. The van der Waals surface area contributed by atoms with Crippen LogP contribution in [0.5, 0.6) is 0 Å². The first-order valence-corrected chi connectivity index (χ1v) is 8.34. The Morgan fingerprint density at radius 3 is 2.27 bits per heavy atom. The van der Waals surface area contributed by atoms with Crippen LogP contribution in [0, 0.1) is 0 Å². The third kappa shape index (κ3) is 6.76. The SMILES string of the molecule is CCOC(=O)OOC(=O)C(C)=COOC(C)(C)c1ccc(C(C)C)cc1. The third-order valence-corrected chi connectivity index (χ3v) is 3.52. The van der Waals surface area contributed by atoms with Gasteiger partial charge in [-0.15, -0.1) is 0 Å². The zero-order valence-electron chi connectivity index (χ0n) is 16.0. The molecule has 144 valence electrons. The molecule has 0 fully saturated rings. The van der Waals surface area contributed by atoms with E-state index in [2.05, 4.69) is 28.4 Å². The third-order valence-electron chi connectivity index (χ3n) is 3.52. The number of ether oxygens (including phenoxy) is 1. The number of rotatable bonds is 7. The average Bonchev–Trinajstić information content (AvgIpc) is 2.59. The van der Waals surface area contributed by atoms with Crippen LogP contribution >= 0.6 is 0 Å². The van der Waals surface area contributed by atoms with Gasteiger partial charge < -0.3 is 9.62 Å². The molecule has 0 aromatic heterocycles. The molecule has 0 aliphatic rings. The van der Waals surface area contributed by atoms with Gasteiger partial charge in [-0.3, -0.25) is 0 Å². The van der Waals surface area contributed by atoms with E-state index in [4.69, 9.17) is 9.78 Å². The van der Waals surface area contributed by atoms with Crippen molar-refractivity contribution in [3.63, 3.8) is 0 Å². The zero-order chi connectivity index (χ0) is 19.7. The number of carbonyl (C=O) groups is 2. The molecule has 1 aromatic rings. The zero-order valence-corrected chi connectivity index (χ0v) is 16.0. The summed E-state index contributed by atoms with van der Waals surface area (Å²) in [5, 5.41) is 0. The summed E-state index contributed by atoms with van der Waals surface area (Å²) < 4.78 is 4.46. The van der Waals surface area contributed by atoms with Crippen LogP contribution in [0.1, 0.15) is 58.6 Å². The minimum Gasteiger partial charge on any atom is -0.432 e. The molecule has 0 N–H and O–H groups in total. The second-order valence-corrected chi connectivity index (χ2v) is 6.40. The van der Waals surface area contributed by atoms with Crippen molar-refractivity contribution < 1.29 is 33.9 Å². The summed E-state index contributed by atoms with van der Waals surface area (Å²) in [4.78, 5) is 41.4. The lowest BCUT2D eigenvalue weighted by atomic mass is 9.94. The van der Waals surface area contributed by atoms with E-state index in [1.165, 1.54) is 12.5 Å². The summed E-state index contributed by atoms with van der Waals surface area (Å²) in [5.41, 5.74) is 1.45. The van der Waals surface area contributed by atoms with Crippen LogP contribution in [-0.4, -0.2) is 18.7 Å². The van der Waals surface area contributed by atoms with Gasteiger partial charge in [0.15, 0.2) is 0 Å². The van der Waals surface area contributed by atoms with Gasteiger partial charge >= 0.3 is 12.1 Å². The van der Waals surface area contributed by atoms with Gasteiger partial charge in [-0.2, -0.15) is 9.68 Å². The summed E-state index contributed by atoms with van der Waals surface area (Å²) in [6, 6.07) is 8.01. The van der Waals surface area contributed by atoms with Crippen LogP contribution in [0.3, 0.4) is 0 Å². The van der Waals surface area contributed by atoms with Crippen molar-refractivity contribution in [3.8, 4) is 0 Å². The number of benzene rings is 1. The lowest BCUT2D eigenvalue weighted by molar-refractivity contribution is -0.322. The molecule has 1 aromatic carbocycles. The first kappa shape index (κ1) is 21.5. The molecule has 26 heavy (non-hydrogen) atoms. The van der Waals surface area contributed by atoms with Crippen molar-refractivity contribution in [1.82, 2.24) is 0 Å². The van der Waals surface area contributed by atoms with Gasteiger partial charge in [0.05, 0.1) is 12.2 Å². The topological polar surface area (TPSA) is 80.3 Å². The smallest absolute Gasteiger partial charge is 0.432 e. The Kier molecular flexibility index (Phi) is 8.12. The summed E-state index contributed by atoms with van der Waals surface area (Å²) >= 11 is 0. The largest absolute Gasteiger partial charge is 0.549 e. The molecule has 7 nitrogen and oxygen atoms in total. The van der Waals surface area contributed by atoms with E-state index >= 15 is 0 Å². The number of hydrogen-bond donors (Lipinski definition) is 0. The fourth-order valence-electron chi connectivity index (χ4n) is 1.86. The maximum atomic E-state index is 11.6. The molecule has 0 heterocycles. The monoisotopic (exact) mass is 366 g/mol.